The number of halogens is 1. The minimum atomic E-state index is -1.09. The largest absolute Gasteiger partial charge is 0.393 e. The number of hydrogen-bond acceptors (Lipinski definition) is 4. The third-order valence-electron chi connectivity index (χ3n) is 8.40. The lowest BCUT2D eigenvalue weighted by molar-refractivity contribution is -0.0572. The van der Waals surface area contributed by atoms with Gasteiger partial charge in [0.1, 0.15) is 0 Å². The second-order valence-electron chi connectivity index (χ2n) is 11.1. The Bertz CT molecular complexity index is 804. The van der Waals surface area contributed by atoms with Gasteiger partial charge in [-0.3, -0.25) is 0 Å². The van der Waals surface area contributed by atoms with Gasteiger partial charge in [-0.2, -0.15) is 0 Å². The molecule has 4 unspecified atom stereocenters. The van der Waals surface area contributed by atoms with Crippen LogP contribution in [0.4, 0.5) is 4.79 Å². The Labute approximate surface area is 223 Å². The van der Waals surface area contributed by atoms with Crippen LogP contribution in [0.5, 0.6) is 0 Å². The average molecular weight is 522 g/mol. The molecule has 1 aromatic rings. The van der Waals surface area contributed by atoms with E-state index in [1.807, 2.05) is 43.1 Å². The summed E-state index contributed by atoms with van der Waals surface area (Å²) < 4.78 is 0. The first kappa shape index (κ1) is 29.2. The second-order valence-corrected chi connectivity index (χ2v) is 11.6. The third kappa shape index (κ3) is 8.34. The third-order valence-corrected chi connectivity index (χ3v) is 8.63. The predicted octanol–water partition coefficient (Wildman–Crippen LogP) is 5.45. The van der Waals surface area contributed by atoms with Crippen molar-refractivity contribution < 1.29 is 15.0 Å². The molecule has 4 N–H and O–H groups in total. The van der Waals surface area contributed by atoms with Gasteiger partial charge in [0.25, 0.3) is 0 Å². The van der Waals surface area contributed by atoms with Gasteiger partial charge in [0.15, 0.2) is 0 Å². The molecule has 7 heteroatoms. The highest BCUT2D eigenvalue weighted by Gasteiger charge is 2.41. The number of nitrogens with zero attached hydrogens (tertiary/aromatic N) is 1. The van der Waals surface area contributed by atoms with Gasteiger partial charge < -0.3 is 25.7 Å². The maximum absolute atomic E-state index is 13.4. The summed E-state index contributed by atoms with van der Waals surface area (Å²) in [6.07, 6.45) is 11.5. The van der Waals surface area contributed by atoms with Gasteiger partial charge in [0, 0.05) is 36.6 Å². The number of carbonyl (C=O) groups excluding carboxylic acids is 1. The molecule has 2 amide bonds. The number of nitrogens with one attached hydrogen (secondary N) is 2. The highest BCUT2D eigenvalue weighted by Crippen LogP contribution is 2.40. The standard InChI is InChI=1S/C29H48ClN3O3/c1-3-27(34)15-8-16-29(36,23-12-7-14-25(30)19-23)24-13-9-17-33(21-24)28(35)32-26(20-31-2)18-22-10-5-4-6-11-22/h7,12,14,19,22,24,26-27,31,34,36H,3-6,8-11,13,15-18,20-21H2,1-2H3,(H,32,35). The number of carbonyl (C=O) groups is 1. The summed E-state index contributed by atoms with van der Waals surface area (Å²) in [4.78, 5) is 15.3. The fraction of sp³-hybridized carbons (Fsp3) is 0.759. The number of likely N-dealkylation sites (tertiary alicyclic amines) is 1. The van der Waals surface area contributed by atoms with E-state index < -0.39 is 5.60 Å². The zero-order valence-electron chi connectivity index (χ0n) is 22.4. The summed E-state index contributed by atoms with van der Waals surface area (Å²) in [7, 11) is 1.94. The van der Waals surface area contributed by atoms with Crippen molar-refractivity contribution in [2.75, 3.05) is 26.7 Å². The molecule has 6 nitrogen and oxygen atoms in total. The molecule has 1 aromatic carbocycles. The fourth-order valence-electron chi connectivity index (χ4n) is 6.24. The van der Waals surface area contributed by atoms with Crippen molar-refractivity contribution >= 4 is 17.6 Å². The lowest BCUT2D eigenvalue weighted by atomic mass is 9.74. The average Bonchev–Trinajstić information content (AvgIpc) is 2.89. The van der Waals surface area contributed by atoms with Gasteiger partial charge in [-0.05, 0) is 75.6 Å². The van der Waals surface area contributed by atoms with Gasteiger partial charge in [-0.1, -0.05) is 62.8 Å². The molecule has 0 bridgehead atoms. The van der Waals surface area contributed by atoms with Crippen molar-refractivity contribution in [2.24, 2.45) is 11.8 Å². The van der Waals surface area contributed by atoms with Crippen LogP contribution in [0.25, 0.3) is 0 Å². The molecule has 2 aliphatic rings. The first-order valence-electron chi connectivity index (χ1n) is 14.2. The molecule has 1 aliphatic carbocycles. The normalized spacial score (nSPS) is 22.6. The van der Waals surface area contributed by atoms with Crippen molar-refractivity contribution in [3.05, 3.63) is 34.9 Å². The maximum atomic E-state index is 13.4. The maximum Gasteiger partial charge on any atom is 0.317 e. The SMILES string of the molecule is CCC(O)CCCC(O)(c1cccc(Cl)c1)C1CCCN(C(=O)NC(CNC)CC2CCCCC2)C1. The molecule has 1 saturated carbocycles. The van der Waals surface area contributed by atoms with Gasteiger partial charge in [-0.25, -0.2) is 4.79 Å². The number of aliphatic hydroxyl groups is 2. The number of aliphatic hydroxyl groups excluding tert-OH is 1. The molecule has 2 fully saturated rings. The molecule has 204 valence electrons. The van der Waals surface area contributed by atoms with Crippen LogP contribution >= 0.6 is 11.6 Å². The molecule has 1 saturated heterocycles. The molecule has 0 aromatic heterocycles. The zero-order valence-corrected chi connectivity index (χ0v) is 23.1. The Morgan fingerprint density at radius 1 is 1.22 bits per heavy atom. The van der Waals surface area contributed by atoms with Crippen molar-refractivity contribution in [2.45, 2.75) is 102 Å². The Morgan fingerprint density at radius 2 is 2.00 bits per heavy atom. The Kier molecular flexibility index (Phi) is 11.8. The summed E-state index contributed by atoms with van der Waals surface area (Å²) in [5, 5.41) is 29.3. The lowest BCUT2D eigenvalue weighted by Crippen LogP contribution is -2.54. The summed E-state index contributed by atoms with van der Waals surface area (Å²) >= 11 is 6.31. The summed E-state index contributed by atoms with van der Waals surface area (Å²) in [6.45, 7) is 3.96. The lowest BCUT2D eigenvalue weighted by Gasteiger charge is -2.43. The molecule has 4 atom stereocenters. The van der Waals surface area contributed by atoms with Crippen LogP contribution in [0.1, 0.15) is 89.5 Å². The highest BCUT2D eigenvalue weighted by molar-refractivity contribution is 6.30. The van der Waals surface area contributed by atoms with Crippen LogP contribution < -0.4 is 10.6 Å². The van der Waals surface area contributed by atoms with E-state index in [1.165, 1.54) is 32.1 Å². The summed E-state index contributed by atoms with van der Waals surface area (Å²) in [5.74, 6) is 0.605. The zero-order chi connectivity index (χ0) is 26.0. The second kappa shape index (κ2) is 14.6. The molecule has 0 radical (unpaired) electrons. The molecule has 36 heavy (non-hydrogen) atoms. The number of hydrogen-bond donors (Lipinski definition) is 4. The number of urea groups is 1. The number of rotatable bonds is 12. The van der Waals surface area contributed by atoms with Gasteiger partial charge in [-0.15, -0.1) is 0 Å². The van der Waals surface area contributed by atoms with E-state index in [2.05, 4.69) is 10.6 Å². The van der Waals surface area contributed by atoms with Crippen LogP contribution in [-0.2, 0) is 5.60 Å². The Hall–Kier alpha value is -1.34. The minimum absolute atomic E-state index is 0.0226. The number of amides is 2. The van der Waals surface area contributed by atoms with Crippen LogP contribution in [0, 0.1) is 11.8 Å². The van der Waals surface area contributed by atoms with Crippen molar-refractivity contribution in [1.82, 2.24) is 15.5 Å². The van der Waals surface area contributed by atoms with Gasteiger partial charge >= 0.3 is 6.03 Å². The smallest absolute Gasteiger partial charge is 0.317 e. The van der Waals surface area contributed by atoms with Crippen molar-refractivity contribution in [1.29, 1.82) is 0 Å². The van der Waals surface area contributed by atoms with Crippen LogP contribution in [0.3, 0.4) is 0 Å². The summed E-state index contributed by atoms with van der Waals surface area (Å²) in [5.41, 5.74) is -0.289. The van der Waals surface area contributed by atoms with Crippen LogP contribution in [0.2, 0.25) is 5.02 Å². The molecule has 1 aliphatic heterocycles. The van der Waals surface area contributed by atoms with E-state index in [0.717, 1.165) is 31.4 Å². The van der Waals surface area contributed by atoms with Crippen LogP contribution in [-0.4, -0.2) is 60.0 Å². The van der Waals surface area contributed by atoms with E-state index in [4.69, 9.17) is 11.6 Å². The predicted molar refractivity (Wildman–Crippen MR) is 147 cm³/mol. The summed E-state index contributed by atoms with van der Waals surface area (Å²) in [6, 6.07) is 7.59. The van der Waals surface area contributed by atoms with Crippen molar-refractivity contribution in [3.8, 4) is 0 Å². The van der Waals surface area contributed by atoms with Crippen LogP contribution in [0.15, 0.2) is 24.3 Å². The monoisotopic (exact) mass is 521 g/mol. The fourth-order valence-corrected chi connectivity index (χ4v) is 6.43. The topological polar surface area (TPSA) is 84.8 Å². The first-order chi connectivity index (χ1) is 17.4. The Morgan fingerprint density at radius 3 is 2.69 bits per heavy atom. The quantitative estimate of drug-likeness (QED) is 0.295. The molecular weight excluding hydrogens is 474 g/mol. The van der Waals surface area contributed by atoms with E-state index in [-0.39, 0.29) is 24.1 Å². The molecule has 3 rings (SSSR count). The van der Waals surface area contributed by atoms with E-state index >= 15 is 0 Å². The number of likely N-dealkylation sites (N-methyl/N-ethyl adjacent to an activating group) is 1. The first-order valence-corrected chi connectivity index (χ1v) is 14.6. The van der Waals surface area contributed by atoms with E-state index in [1.54, 1.807) is 0 Å². The number of piperidine rings is 1. The van der Waals surface area contributed by atoms with E-state index in [9.17, 15) is 15.0 Å². The highest BCUT2D eigenvalue weighted by atomic mass is 35.5. The van der Waals surface area contributed by atoms with Gasteiger partial charge in [0.2, 0.25) is 0 Å². The molecular formula is C29H48ClN3O3. The molecule has 0 spiro atoms. The number of benzene rings is 1. The molecule has 1 heterocycles. The minimum Gasteiger partial charge on any atom is -0.393 e. The van der Waals surface area contributed by atoms with Gasteiger partial charge in [0.05, 0.1) is 11.7 Å². The Balaban J connectivity index is 1.69. The van der Waals surface area contributed by atoms with Crippen molar-refractivity contribution in [3.63, 3.8) is 0 Å². The van der Waals surface area contributed by atoms with E-state index in [0.29, 0.717) is 49.7 Å².